The molecule has 1 heterocycles. The molecule has 1 saturated heterocycles. The molecule has 2 aromatic carbocycles. The van der Waals surface area contributed by atoms with Crippen molar-refractivity contribution in [3.63, 3.8) is 0 Å². The largest absolute Gasteiger partial charge is 0.418 e. The lowest BCUT2D eigenvalue weighted by Crippen LogP contribution is -2.52. The van der Waals surface area contributed by atoms with Crippen LogP contribution in [-0.4, -0.2) is 30.0 Å². The van der Waals surface area contributed by atoms with E-state index in [0.29, 0.717) is 16.6 Å². The Labute approximate surface area is 170 Å². The van der Waals surface area contributed by atoms with Gasteiger partial charge in [0.05, 0.1) is 24.3 Å². The fourth-order valence-electron chi connectivity index (χ4n) is 4.26. The van der Waals surface area contributed by atoms with E-state index in [0.717, 1.165) is 50.4 Å². The van der Waals surface area contributed by atoms with Gasteiger partial charge in [-0.3, -0.25) is 4.79 Å². The van der Waals surface area contributed by atoms with E-state index in [4.69, 9.17) is 0 Å². The molecule has 3 nitrogen and oxygen atoms in total. The number of nitrogens with one attached hydrogen (secondary N) is 1. The molecule has 1 aliphatic rings. The van der Waals surface area contributed by atoms with Crippen LogP contribution in [0.4, 0.5) is 18.9 Å². The molecule has 0 spiro atoms. The van der Waals surface area contributed by atoms with Gasteiger partial charge in [-0.15, -0.1) is 0 Å². The number of benzene rings is 2. The van der Waals surface area contributed by atoms with E-state index in [1.807, 2.05) is 30.3 Å². The number of hydrogen-bond acceptors (Lipinski definition) is 1. The lowest BCUT2D eigenvalue weighted by molar-refractivity contribution is -0.932. The number of alkyl halides is 3. The minimum Gasteiger partial charge on any atom is -0.320 e. The van der Waals surface area contributed by atoms with Crippen molar-refractivity contribution in [2.24, 2.45) is 0 Å². The maximum absolute atomic E-state index is 13.4. The van der Waals surface area contributed by atoms with Crippen molar-refractivity contribution in [3.8, 4) is 0 Å². The average Bonchev–Trinajstić information content (AvgIpc) is 2.88. The predicted molar refractivity (Wildman–Crippen MR) is 108 cm³/mol. The number of amides is 1. The van der Waals surface area contributed by atoms with Crippen LogP contribution in [0.2, 0.25) is 0 Å². The summed E-state index contributed by atoms with van der Waals surface area (Å²) in [4.78, 5) is 12.9. The Bertz CT molecular complexity index is 826. The third kappa shape index (κ3) is 5.60. The molecule has 0 atom stereocenters. The maximum Gasteiger partial charge on any atom is 0.418 e. The Balaban J connectivity index is 1.83. The summed E-state index contributed by atoms with van der Waals surface area (Å²) in [7, 11) is 0. The number of quaternary nitrogens is 1. The second-order valence-electron chi connectivity index (χ2n) is 8.05. The number of nitrogens with zero attached hydrogens (tertiary/aromatic N) is 1. The number of likely N-dealkylation sites (tertiary alicyclic amines) is 1. The summed E-state index contributed by atoms with van der Waals surface area (Å²) in [5.74, 6) is -0.359. The Kier molecular flexibility index (Phi) is 6.63. The molecule has 0 aliphatic carbocycles. The fraction of sp³-hybridized carbons (Fsp3) is 0.435. The molecule has 3 rings (SSSR count). The van der Waals surface area contributed by atoms with E-state index >= 15 is 0 Å². The highest BCUT2D eigenvalue weighted by molar-refractivity contribution is 5.93. The highest BCUT2D eigenvalue weighted by Crippen LogP contribution is 2.36. The molecule has 0 saturated carbocycles. The molecule has 1 amide bonds. The van der Waals surface area contributed by atoms with Gasteiger partial charge in [0.1, 0.15) is 6.54 Å². The monoisotopic (exact) mass is 405 g/mol. The van der Waals surface area contributed by atoms with Crippen LogP contribution in [0.3, 0.4) is 0 Å². The van der Waals surface area contributed by atoms with Crippen molar-refractivity contribution >= 4 is 11.6 Å². The number of carbonyl (C=O) groups excluding carboxylic acids is 1. The maximum atomic E-state index is 13.4. The van der Waals surface area contributed by atoms with Gasteiger partial charge in [0.2, 0.25) is 0 Å². The highest BCUT2D eigenvalue weighted by atomic mass is 19.4. The quantitative estimate of drug-likeness (QED) is 0.650. The van der Waals surface area contributed by atoms with Crippen LogP contribution < -0.4 is 5.32 Å². The van der Waals surface area contributed by atoms with E-state index in [1.165, 1.54) is 6.07 Å². The highest BCUT2D eigenvalue weighted by Gasteiger charge is 2.36. The zero-order valence-corrected chi connectivity index (χ0v) is 16.8. The van der Waals surface area contributed by atoms with Crippen molar-refractivity contribution in [3.05, 3.63) is 65.2 Å². The Morgan fingerprint density at radius 1 is 0.966 bits per heavy atom. The molecule has 29 heavy (non-hydrogen) atoms. The lowest BCUT2D eigenvalue weighted by Gasteiger charge is -2.37. The van der Waals surface area contributed by atoms with Crippen LogP contribution in [0.15, 0.2) is 48.5 Å². The smallest absolute Gasteiger partial charge is 0.320 e. The second kappa shape index (κ2) is 8.99. The normalized spacial score (nSPS) is 16.8. The Morgan fingerprint density at radius 2 is 1.62 bits per heavy atom. The summed E-state index contributed by atoms with van der Waals surface area (Å²) in [6.07, 6.45) is -0.192. The van der Waals surface area contributed by atoms with E-state index in [-0.39, 0.29) is 18.1 Å². The van der Waals surface area contributed by atoms with Crippen molar-refractivity contribution in [2.45, 2.75) is 45.3 Å². The van der Waals surface area contributed by atoms with Gasteiger partial charge < -0.3 is 9.80 Å². The molecule has 0 radical (unpaired) electrons. The summed E-state index contributed by atoms with van der Waals surface area (Å²) >= 11 is 0. The number of hydrogen-bond donors (Lipinski definition) is 1. The molecule has 6 heteroatoms. The van der Waals surface area contributed by atoms with Gasteiger partial charge in [0.15, 0.2) is 6.54 Å². The lowest BCUT2D eigenvalue weighted by atomic mass is 10.1. The molecule has 156 valence electrons. The summed E-state index contributed by atoms with van der Waals surface area (Å²) in [5, 5.41) is 2.59. The van der Waals surface area contributed by atoms with Gasteiger partial charge in [-0.2, -0.15) is 13.2 Å². The van der Waals surface area contributed by atoms with Gasteiger partial charge in [0, 0.05) is 5.56 Å². The number of anilines is 1. The van der Waals surface area contributed by atoms with Crippen LogP contribution in [0.1, 0.15) is 42.4 Å². The molecule has 2 aromatic rings. The van der Waals surface area contributed by atoms with Crippen LogP contribution in [0.5, 0.6) is 0 Å². The van der Waals surface area contributed by atoms with E-state index in [1.54, 1.807) is 13.0 Å². The minimum atomic E-state index is -4.51. The number of para-hydroxylation sites is 1. The van der Waals surface area contributed by atoms with Crippen LogP contribution in [0, 0.1) is 6.92 Å². The third-order valence-corrected chi connectivity index (χ3v) is 5.70. The number of rotatable bonds is 5. The van der Waals surface area contributed by atoms with Crippen molar-refractivity contribution in [1.29, 1.82) is 0 Å². The second-order valence-corrected chi connectivity index (χ2v) is 8.05. The number of halogens is 3. The first-order valence-electron chi connectivity index (χ1n) is 10.1. The van der Waals surface area contributed by atoms with E-state index in [2.05, 4.69) is 5.32 Å². The first-order chi connectivity index (χ1) is 13.8. The molecule has 0 aromatic heterocycles. The molecular formula is C23H28F3N2O+. The summed E-state index contributed by atoms with van der Waals surface area (Å²) in [6.45, 7) is 4.21. The van der Waals surface area contributed by atoms with Crippen molar-refractivity contribution < 1.29 is 22.4 Å². The Morgan fingerprint density at radius 3 is 2.24 bits per heavy atom. The molecular weight excluding hydrogens is 377 g/mol. The van der Waals surface area contributed by atoms with Crippen LogP contribution in [0.25, 0.3) is 0 Å². The minimum absolute atomic E-state index is 0.127. The van der Waals surface area contributed by atoms with Gasteiger partial charge in [0.25, 0.3) is 5.91 Å². The van der Waals surface area contributed by atoms with Crippen LogP contribution in [-0.2, 0) is 17.5 Å². The third-order valence-electron chi connectivity index (χ3n) is 5.70. The van der Waals surface area contributed by atoms with Gasteiger partial charge in [-0.1, -0.05) is 42.5 Å². The van der Waals surface area contributed by atoms with Crippen LogP contribution >= 0.6 is 0 Å². The molecule has 0 unspecified atom stereocenters. The van der Waals surface area contributed by atoms with E-state index in [9.17, 15) is 18.0 Å². The Hall–Kier alpha value is -2.34. The van der Waals surface area contributed by atoms with Gasteiger partial charge in [-0.05, 0) is 44.2 Å². The first kappa shape index (κ1) is 21.4. The zero-order valence-electron chi connectivity index (χ0n) is 16.8. The zero-order chi connectivity index (χ0) is 20.9. The van der Waals surface area contributed by atoms with E-state index < -0.39 is 11.7 Å². The fourth-order valence-corrected chi connectivity index (χ4v) is 4.26. The number of aryl methyl sites for hydroxylation is 1. The summed E-state index contributed by atoms with van der Waals surface area (Å²) < 4.78 is 40.8. The molecule has 1 fully saturated rings. The summed E-state index contributed by atoms with van der Waals surface area (Å²) in [5.41, 5.74) is 0.640. The van der Waals surface area contributed by atoms with Gasteiger partial charge >= 0.3 is 6.18 Å². The molecule has 0 bridgehead atoms. The predicted octanol–water partition coefficient (Wildman–Crippen LogP) is 5.54. The first-order valence-corrected chi connectivity index (χ1v) is 10.1. The van der Waals surface area contributed by atoms with Crippen molar-refractivity contribution in [2.75, 3.05) is 25.0 Å². The number of carbonyl (C=O) groups is 1. The summed E-state index contributed by atoms with van der Waals surface area (Å²) in [6, 6.07) is 14.0. The van der Waals surface area contributed by atoms with Crippen molar-refractivity contribution in [1.82, 2.24) is 0 Å². The average molecular weight is 405 g/mol. The molecule has 1 aliphatic heterocycles. The SMILES string of the molecule is Cc1cccc(C(F)(F)F)c1NC(=O)C[N+]1(Cc2ccccc2)CCCCCC1. The van der Waals surface area contributed by atoms with Gasteiger partial charge in [-0.25, -0.2) is 0 Å². The molecule has 1 N–H and O–H groups in total. The standard InChI is InChI=1S/C23H27F3N2O/c1-18-10-9-13-20(23(24,25)26)22(18)27-21(29)17-28(14-7-2-3-8-15-28)16-19-11-5-4-6-12-19/h4-6,9-13H,2-3,7-8,14-17H2,1H3/p+1. The topological polar surface area (TPSA) is 29.1 Å².